The quantitative estimate of drug-likeness (QED) is 0.568. The Morgan fingerprint density at radius 2 is 1.51 bits per heavy atom. The normalized spacial score (nSPS) is 27.9. The van der Waals surface area contributed by atoms with Gasteiger partial charge in [0.25, 0.3) is 0 Å². The number of nitrogens with one attached hydrogen (secondary N) is 2. The molecule has 4 aliphatic rings. The van der Waals surface area contributed by atoms with Crippen LogP contribution in [0.2, 0.25) is 0 Å². The summed E-state index contributed by atoms with van der Waals surface area (Å²) in [6.45, 7) is 3.93. The molecule has 1 aromatic heterocycles. The summed E-state index contributed by atoms with van der Waals surface area (Å²) in [5.41, 5.74) is 2.34. The maximum Gasteiger partial charge on any atom is 0.329 e. The van der Waals surface area contributed by atoms with Crippen molar-refractivity contribution in [3.63, 3.8) is 0 Å². The number of carbonyl (C=O) groups is 2. The summed E-state index contributed by atoms with van der Waals surface area (Å²) in [5, 5.41) is 5.75. The van der Waals surface area contributed by atoms with Gasteiger partial charge < -0.3 is 19.7 Å². The van der Waals surface area contributed by atoms with E-state index in [1.807, 2.05) is 18.2 Å². The second-order valence-corrected chi connectivity index (χ2v) is 11.0. The Morgan fingerprint density at radius 1 is 0.838 bits per heavy atom. The number of piperidine rings is 3. The lowest BCUT2D eigenvalue weighted by Crippen LogP contribution is -2.45. The topological polar surface area (TPSA) is 107 Å². The van der Waals surface area contributed by atoms with E-state index in [0.717, 1.165) is 81.4 Å². The molecule has 4 heterocycles. The van der Waals surface area contributed by atoms with Crippen molar-refractivity contribution in [2.45, 2.75) is 81.8 Å². The first-order valence-corrected chi connectivity index (χ1v) is 13.8. The van der Waals surface area contributed by atoms with Gasteiger partial charge >= 0.3 is 5.69 Å². The summed E-state index contributed by atoms with van der Waals surface area (Å²) in [6, 6.07) is 5.33. The zero-order chi connectivity index (χ0) is 25.5. The molecule has 0 radical (unpaired) electrons. The van der Waals surface area contributed by atoms with E-state index in [1.165, 1.54) is 4.57 Å². The Hall–Kier alpha value is -2.69. The summed E-state index contributed by atoms with van der Waals surface area (Å²) < 4.78 is 15.8. The number of carbonyl (C=O) groups excluding carboxylic acids is 2. The molecule has 2 aromatic rings. The first kappa shape index (κ1) is 24.6. The zero-order valence-corrected chi connectivity index (χ0v) is 21.5. The molecule has 37 heavy (non-hydrogen) atoms. The van der Waals surface area contributed by atoms with E-state index in [9.17, 15) is 14.4 Å². The van der Waals surface area contributed by atoms with Gasteiger partial charge in [-0.05, 0) is 76.2 Å². The van der Waals surface area contributed by atoms with Crippen molar-refractivity contribution < 1.29 is 19.1 Å². The van der Waals surface area contributed by atoms with Crippen LogP contribution in [-0.4, -0.2) is 71.5 Å². The second-order valence-electron chi connectivity index (χ2n) is 11.0. The minimum absolute atomic E-state index is 0.237. The Bertz CT molecular complexity index is 1220. The lowest BCUT2D eigenvalue weighted by Gasteiger charge is -2.41. The van der Waals surface area contributed by atoms with Crippen LogP contribution in [0.4, 0.5) is 5.69 Å². The largest absolute Gasteiger partial charge is 0.375 e. The number of rotatable bonds is 6. The summed E-state index contributed by atoms with van der Waals surface area (Å²) >= 11 is 0. The lowest BCUT2D eigenvalue weighted by molar-refractivity contribution is -0.150. The molecule has 2 amide bonds. The molecule has 10 nitrogen and oxygen atoms in total. The van der Waals surface area contributed by atoms with Gasteiger partial charge in [-0.15, -0.1) is 0 Å². The molecule has 1 saturated carbocycles. The van der Waals surface area contributed by atoms with Gasteiger partial charge in [-0.25, -0.2) is 4.79 Å². The third-order valence-electron chi connectivity index (χ3n) is 8.51. The minimum Gasteiger partial charge on any atom is -0.375 e. The fourth-order valence-electron chi connectivity index (χ4n) is 6.24. The molecule has 1 atom stereocenters. The minimum atomic E-state index is -0.663. The Balaban J connectivity index is 1.05. The van der Waals surface area contributed by atoms with Crippen molar-refractivity contribution in [3.05, 3.63) is 28.7 Å². The van der Waals surface area contributed by atoms with E-state index < -0.39 is 11.9 Å². The van der Waals surface area contributed by atoms with Gasteiger partial charge in [-0.1, -0.05) is 0 Å². The average molecular weight is 512 g/mol. The lowest BCUT2D eigenvalue weighted by atomic mass is 9.90. The molecule has 0 spiro atoms. The highest BCUT2D eigenvalue weighted by Crippen LogP contribution is 2.33. The molecular formula is C27H37N5O5. The number of imidazole rings is 1. The van der Waals surface area contributed by atoms with Gasteiger partial charge in [-0.2, -0.15) is 0 Å². The molecule has 1 aliphatic carbocycles. The van der Waals surface area contributed by atoms with Crippen LogP contribution < -0.4 is 21.2 Å². The van der Waals surface area contributed by atoms with E-state index in [-0.39, 0.29) is 24.1 Å². The molecule has 10 heteroatoms. The van der Waals surface area contributed by atoms with Gasteiger partial charge in [0.1, 0.15) is 6.04 Å². The molecule has 3 saturated heterocycles. The van der Waals surface area contributed by atoms with E-state index in [0.29, 0.717) is 24.7 Å². The van der Waals surface area contributed by atoms with Crippen LogP contribution in [0.25, 0.3) is 11.0 Å². The van der Waals surface area contributed by atoms with Crippen LogP contribution in [-0.2, 0) is 26.1 Å². The van der Waals surface area contributed by atoms with E-state index >= 15 is 0 Å². The van der Waals surface area contributed by atoms with E-state index in [2.05, 4.69) is 15.5 Å². The Labute approximate surface area is 216 Å². The molecule has 1 aromatic carbocycles. The highest BCUT2D eigenvalue weighted by atomic mass is 16.5. The Kier molecular flexibility index (Phi) is 6.81. The summed E-state index contributed by atoms with van der Waals surface area (Å²) in [7, 11) is 1.73. The van der Waals surface area contributed by atoms with Crippen molar-refractivity contribution in [1.82, 2.24) is 19.8 Å². The number of aryl methyl sites for hydroxylation is 1. The molecule has 4 fully saturated rings. The van der Waals surface area contributed by atoms with E-state index in [1.54, 1.807) is 11.6 Å². The number of amides is 2. The standard InChI is InChI=1S/C27H37N5O5/c1-30-24-14-17(2-3-22(24)32(27(30)35)23-4-5-25(33)29-26(23)34)31-12-8-19(9-13-31)37-21-15-20(16-21)36-18-6-10-28-11-7-18/h2-3,14,18-21,23,28H,4-13,15-16H2,1H3,(H,29,33,34). The highest BCUT2D eigenvalue weighted by molar-refractivity contribution is 6.00. The number of anilines is 1. The first-order chi connectivity index (χ1) is 18.0. The van der Waals surface area contributed by atoms with Gasteiger partial charge in [0, 0.05) is 32.2 Å². The molecule has 2 N–H and O–H groups in total. The number of aromatic nitrogens is 2. The number of nitrogens with zero attached hydrogens (tertiary/aromatic N) is 3. The fourth-order valence-corrected chi connectivity index (χ4v) is 6.24. The van der Waals surface area contributed by atoms with Crippen molar-refractivity contribution >= 4 is 28.5 Å². The predicted octanol–water partition coefficient (Wildman–Crippen LogP) is 1.60. The monoisotopic (exact) mass is 511 g/mol. The van der Waals surface area contributed by atoms with Crippen LogP contribution in [0.3, 0.4) is 0 Å². The molecule has 6 rings (SSSR count). The summed E-state index contributed by atoms with van der Waals surface area (Å²) in [5.74, 6) is -0.695. The number of ether oxygens (including phenoxy) is 2. The number of fused-ring (bicyclic) bond motifs is 1. The zero-order valence-electron chi connectivity index (χ0n) is 21.5. The third kappa shape index (κ3) is 4.94. The van der Waals surface area contributed by atoms with Crippen LogP contribution in [0, 0.1) is 0 Å². The van der Waals surface area contributed by atoms with Crippen molar-refractivity contribution in [2.24, 2.45) is 7.05 Å². The number of benzene rings is 1. The van der Waals surface area contributed by atoms with Crippen LogP contribution in [0.1, 0.15) is 57.4 Å². The van der Waals surface area contributed by atoms with Crippen molar-refractivity contribution in [3.8, 4) is 0 Å². The molecule has 1 unspecified atom stereocenters. The van der Waals surface area contributed by atoms with Crippen LogP contribution >= 0.6 is 0 Å². The number of hydrogen-bond donors (Lipinski definition) is 2. The van der Waals surface area contributed by atoms with Crippen molar-refractivity contribution in [2.75, 3.05) is 31.1 Å². The number of imide groups is 1. The van der Waals surface area contributed by atoms with Gasteiger partial charge in [0.15, 0.2) is 0 Å². The molecule has 0 bridgehead atoms. The third-order valence-corrected chi connectivity index (χ3v) is 8.51. The first-order valence-electron chi connectivity index (χ1n) is 13.8. The predicted molar refractivity (Wildman–Crippen MR) is 139 cm³/mol. The average Bonchev–Trinajstić information content (AvgIpc) is 3.13. The second kappa shape index (κ2) is 10.2. The van der Waals surface area contributed by atoms with Crippen molar-refractivity contribution in [1.29, 1.82) is 0 Å². The van der Waals surface area contributed by atoms with Gasteiger partial charge in [0.2, 0.25) is 11.8 Å². The van der Waals surface area contributed by atoms with Crippen LogP contribution in [0.5, 0.6) is 0 Å². The summed E-state index contributed by atoms with van der Waals surface area (Å²) in [4.78, 5) is 39.4. The fraction of sp³-hybridized carbons (Fsp3) is 0.667. The van der Waals surface area contributed by atoms with E-state index in [4.69, 9.17) is 9.47 Å². The van der Waals surface area contributed by atoms with Gasteiger partial charge in [-0.3, -0.25) is 24.0 Å². The highest BCUT2D eigenvalue weighted by Gasteiger charge is 2.36. The number of hydrogen-bond acceptors (Lipinski definition) is 7. The van der Waals surface area contributed by atoms with Crippen LogP contribution in [0.15, 0.2) is 23.0 Å². The molecule has 200 valence electrons. The smallest absolute Gasteiger partial charge is 0.329 e. The maximum atomic E-state index is 13.0. The van der Waals surface area contributed by atoms with Gasteiger partial charge in [0.05, 0.1) is 35.4 Å². The Morgan fingerprint density at radius 3 is 2.19 bits per heavy atom. The SMILES string of the molecule is Cn1c(=O)n(C2CCC(=O)NC2=O)c2ccc(N3CCC(OC4CC(OC5CCNCC5)C4)CC3)cc21. The summed E-state index contributed by atoms with van der Waals surface area (Å²) in [6.07, 6.45) is 8.15. The molecule has 3 aliphatic heterocycles. The molecular weight excluding hydrogens is 474 g/mol. The maximum absolute atomic E-state index is 13.0.